The number of nitrogens with two attached hydrogens (primary N) is 1. The smallest absolute Gasteiger partial charge is 0.188 e. The highest BCUT2D eigenvalue weighted by Gasteiger charge is 1.98. The molecule has 0 aliphatic carbocycles. The third-order valence-corrected chi connectivity index (χ3v) is 3.44. The van der Waals surface area contributed by atoms with Crippen LogP contribution in [-0.2, 0) is 13.0 Å². The van der Waals surface area contributed by atoms with Gasteiger partial charge in [0, 0.05) is 6.54 Å². The first kappa shape index (κ1) is 20.1. The normalized spacial score (nSPS) is 10.7. The van der Waals surface area contributed by atoms with Gasteiger partial charge in [0.1, 0.15) is 11.5 Å². The van der Waals surface area contributed by atoms with Crippen LogP contribution in [0, 0.1) is 0 Å². The van der Waals surface area contributed by atoms with Crippen LogP contribution in [0.3, 0.4) is 0 Å². The molecule has 5 nitrogen and oxygen atoms in total. The van der Waals surface area contributed by atoms with Crippen molar-refractivity contribution in [1.29, 1.82) is 0 Å². The minimum Gasteiger partial charge on any atom is -0.497 e. The van der Waals surface area contributed by atoms with Crippen molar-refractivity contribution in [3.05, 3.63) is 59.7 Å². The Balaban J connectivity index is 0.00000288. The Bertz CT molecular complexity index is 645. The number of guanidine groups is 1. The first-order valence-corrected chi connectivity index (χ1v) is 7.51. The molecule has 2 aromatic carbocycles. The van der Waals surface area contributed by atoms with Gasteiger partial charge in [0.15, 0.2) is 5.96 Å². The molecule has 0 amide bonds. The van der Waals surface area contributed by atoms with Gasteiger partial charge >= 0.3 is 0 Å². The molecule has 0 heterocycles. The van der Waals surface area contributed by atoms with E-state index in [-0.39, 0.29) is 24.0 Å². The maximum atomic E-state index is 5.89. The molecule has 2 rings (SSSR count). The van der Waals surface area contributed by atoms with Gasteiger partial charge in [0.2, 0.25) is 0 Å². The lowest BCUT2D eigenvalue weighted by Gasteiger charge is -2.07. The Labute approximate surface area is 160 Å². The summed E-state index contributed by atoms with van der Waals surface area (Å²) in [6.45, 7) is 1.26. The summed E-state index contributed by atoms with van der Waals surface area (Å²) in [5.74, 6) is 2.13. The molecular formula is C18H24IN3O2. The highest BCUT2D eigenvalue weighted by atomic mass is 127. The number of aliphatic imine (C=N–C) groups is 1. The van der Waals surface area contributed by atoms with Crippen LogP contribution < -0.4 is 20.5 Å². The lowest BCUT2D eigenvalue weighted by Crippen LogP contribution is -2.33. The van der Waals surface area contributed by atoms with Gasteiger partial charge < -0.3 is 20.5 Å². The van der Waals surface area contributed by atoms with E-state index >= 15 is 0 Å². The van der Waals surface area contributed by atoms with E-state index in [0.29, 0.717) is 12.5 Å². The molecule has 0 aromatic heterocycles. The molecule has 0 aliphatic rings. The van der Waals surface area contributed by atoms with E-state index in [1.54, 1.807) is 14.2 Å². The molecule has 0 spiro atoms. The summed E-state index contributed by atoms with van der Waals surface area (Å²) in [7, 11) is 3.31. The second-order valence-corrected chi connectivity index (χ2v) is 5.08. The molecule has 0 radical (unpaired) electrons. The summed E-state index contributed by atoms with van der Waals surface area (Å²) in [6.07, 6.45) is 0.874. The van der Waals surface area contributed by atoms with Crippen molar-refractivity contribution in [2.24, 2.45) is 10.7 Å². The first-order chi connectivity index (χ1) is 11.2. The quantitative estimate of drug-likeness (QED) is 0.394. The number of nitrogens with zero attached hydrogens (tertiary/aromatic N) is 1. The van der Waals surface area contributed by atoms with E-state index in [0.717, 1.165) is 30.0 Å². The van der Waals surface area contributed by atoms with Crippen LogP contribution in [-0.4, -0.2) is 26.7 Å². The summed E-state index contributed by atoms with van der Waals surface area (Å²) in [4.78, 5) is 4.34. The summed E-state index contributed by atoms with van der Waals surface area (Å²) >= 11 is 0. The number of ether oxygens (including phenoxy) is 2. The zero-order valence-electron chi connectivity index (χ0n) is 14.0. The van der Waals surface area contributed by atoms with E-state index in [4.69, 9.17) is 15.2 Å². The van der Waals surface area contributed by atoms with Gasteiger partial charge in [0.25, 0.3) is 0 Å². The molecule has 6 heteroatoms. The number of halogens is 1. The molecule has 0 atom stereocenters. The van der Waals surface area contributed by atoms with Crippen molar-refractivity contribution in [3.8, 4) is 11.5 Å². The SMILES string of the molecule is COc1ccc(CCNC(N)=NCc2cccc(OC)c2)cc1.I. The van der Waals surface area contributed by atoms with Crippen LogP contribution in [0.15, 0.2) is 53.5 Å². The number of nitrogens with one attached hydrogen (secondary N) is 1. The number of hydrogen-bond donors (Lipinski definition) is 2. The van der Waals surface area contributed by atoms with Crippen molar-refractivity contribution >= 4 is 29.9 Å². The molecule has 24 heavy (non-hydrogen) atoms. The molecule has 0 saturated heterocycles. The topological polar surface area (TPSA) is 68.9 Å². The predicted octanol–water partition coefficient (Wildman–Crippen LogP) is 2.97. The van der Waals surface area contributed by atoms with E-state index in [1.165, 1.54) is 5.56 Å². The Morgan fingerprint density at radius 3 is 2.38 bits per heavy atom. The second kappa shape index (κ2) is 10.7. The predicted molar refractivity (Wildman–Crippen MR) is 108 cm³/mol. The molecule has 0 unspecified atom stereocenters. The largest absolute Gasteiger partial charge is 0.497 e. The lowest BCUT2D eigenvalue weighted by atomic mass is 10.1. The van der Waals surface area contributed by atoms with E-state index in [2.05, 4.69) is 10.3 Å². The second-order valence-electron chi connectivity index (χ2n) is 5.08. The van der Waals surface area contributed by atoms with Gasteiger partial charge in [-0.1, -0.05) is 24.3 Å². The van der Waals surface area contributed by atoms with Crippen LogP contribution in [0.1, 0.15) is 11.1 Å². The fraction of sp³-hybridized carbons (Fsp3) is 0.278. The van der Waals surface area contributed by atoms with Crippen LogP contribution >= 0.6 is 24.0 Å². The van der Waals surface area contributed by atoms with E-state index < -0.39 is 0 Å². The summed E-state index contributed by atoms with van der Waals surface area (Å²) in [5, 5.41) is 3.12. The highest BCUT2D eigenvalue weighted by Crippen LogP contribution is 2.13. The zero-order valence-corrected chi connectivity index (χ0v) is 16.3. The van der Waals surface area contributed by atoms with Crippen LogP contribution in [0.5, 0.6) is 11.5 Å². The van der Waals surface area contributed by atoms with Gasteiger partial charge in [-0.2, -0.15) is 0 Å². The fourth-order valence-electron chi connectivity index (χ4n) is 2.13. The highest BCUT2D eigenvalue weighted by molar-refractivity contribution is 14.0. The Kier molecular flexibility index (Phi) is 8.99. The molecule has 0 fully saturated rings. The minimum atomic E-state index is 0. The van der Waals surface area contributed by atoms with E-state index in [1.807, 2.05) is 48.5 Å². The number of hydrogen-bond acceptors (Lipinski definition) is 3. The van der Waals surface area contributed by atoms with Crippen molar-refractivity contribution in [3.63, 3.8) is 0 Å². The standard InChI is InChI=1S/C18H23N3O2.HI/c1-22-16-8-6-14(7-9-16)10-11-20-18(19)21-13-15-4-3-5-17(12-15)23-2;/h3-9,12H,10-11,13H2,1-2H3,(H3,19,20,21);1H. The van der Waals surface area contributed by atoms with Gasteiger partial charge in [0.05, 0.1) is 20.8 Å². The average Bonchev–Trinajstić information content (AvgIpc) is 2.61. The van der Waals surface area contributed by atoms with Crippen LogP contribution in [0.2, 0.25) is 0 Å². The third kappa shape index (κ3) is 6.66. The Hall–Kier alpha value is -1.96. The lowest BCUT2D eigenvalue weighted by molar-refractivity contribution is 0.414. The molecule has 0 aliphatic heterocycles. The van der Waals surface area contributed by atoms with Gasteiger partial charge in [-0.05, 0) is 41.8 Å². The van der Waals surface area contributed by atoms with Gasteiger partial charge in [-0.3, -0.25) is 0 Å². The minimum absolute atomic E-state index is 0. The number of benzene rings is 2. The first-order valence-electron chi connectivity index (χ1n) is 7.51. The monoisotopic (exact) mass is 441 g/mol. The molecular weight excluding hydrogens is 417 g/mol. The molecule has 0 bridgehead atoms. The number of rotatable bonds is 7. The average molecular weight is 441 g/mol. The molecule has 130 valence electrons. The maximum Gasteiger partial charge on any atom is 0.188 e. The van der Waals surface area contributed by atoms with Gasteiger partial charge in [-0.25, -0.2) is 4.99 Å². The molecule has 3 N–H and O–H groups in total. The summed E-state index contributed by atoms with van der Waals surface area (Å²) in [6, 6.07) is 15.8. The van der Waals surface area contributed by atoms with Crippen molar-refractivity contribution < 1.29 is 9.47 Å². The van der Waals surface area contributed by atoms with Crippen molar-refractivity contribution in [2.45, 2.75) is 13.0 Å². The van der Waals surface area contributed by atoms with Crippen LogP contribution in [0.25, 0.3) is 0 Å². The van der Waals surface area contributed by atoms with Gasteiger partial charge in [-0.15, -0.1) is 24.0 Å². The summed E-state index contributed by atoms with van der Waals surface area (Å²) in [5.41, 5.74) is 8.17. The molecule has 0 saturated carbocycles. The molecule has 2 aromatic rings. The summed E-state index contributed by atoms with van der Waals surface area (Å²) < 4.78 is 10.3. The van der Waals surface area contributed by atoms with Crippen LogP contribution in [0.4, 0.5) is 0 Å². The third-order valence-electron chi connectivity index (χ3n) is 3.44. The van der Waals surface area contributed by atoms with E-state index in [9.17, 15) is 0 Å². The van der Waals surface area contributed by atoms with Crippen molar-refractivity contribution in [2.75, 3.05) is 20.8 Å². The maximum absolute atomic E-state index is 5.89. The zero-order chi connectivity index (χ0) is 16.5. The number of methoxy groups -OCH3 is 2. The Morgan fingerprint density at radius 2 is 1.71 bits per heavy atom. The van der Waals surface area contributed by atoms with Crippen molar-refractivity contribution in [1.82, 2.24) is 5.32 Å². The Morgan fingerprint density at radius 1 is 1.00 bits per heavy atom. The fourth-order valence-corrected chi connectivity index (χ4v) is 2.13.